The number of hydrogen-bond donors (Lipinski definition) is 0. The molecule has 0 atom stereocenters. The van der Waals surface area contributed by atoms with Crippen LogP contribution in [0.15, 0.2) is 0 Å². The molecular formula is C3H6CaCl2O2. The minimum absolute atomic E-state index is 0. The van der Waals surface area contributed by atoms with E-state index in [1.54, 1.807) is 6.92 Å². The Balaban J connectivity index is -0.0000000267. The summed E-state index contributed by atoms with van der Waals surface area (Å²) < 4.78 is 4.15. The molecule has 0 aliphatic rings. The standard InChI is InChI=1S/C3H6O2.Ca.2ClH/c1-2-5-3-4;;;/h3H,2H2,1H3;;2*1H/q;+2;;/p-2. The van der Waals surface area contributed by atoms with E-state index in [-0.39, 0.29) is 62.6 Å². The number of carbonyl (C=O) groups is 1. The molecule has 0 unspecified atom stereocenters. The molecular weight excluding hydrogens is 179 g/mol. The molecule has 0 spiro atoms. The van der Waals surface area contributed by atoms with Crippen LogP contribution in [-0.4, -0.2) is 50.8 Å². The van der Waals surface area contributed by atoms with Crippen LogP contribution in [0.1, 0.15) is 6.92 Å². The third kappa shape index (κ3) is 26.6. The molecule has 0 aromatic rings. The van der Waals surface area contributed by atoms with E-state index in [9.17, 15) is 4.79 Å². The van der Waals surface area contributed by atoms with Crippen molar-refractivity contribution >= 4 is 44.2 Å². The molecule has 5 heteroatoms. The number of carbonyl (C=O) groups excluding carboxylic acids is 1. The first-order valence-electron chi connectivity index (χ1n) is 1.47. The van der Waals surface area contributed by atoms with Gasteiger partial charge >= 0.3 is 37.7 Å². The smallest absolute Gasteiger partial charge is 1.00 e. The Morgan fingerprint density at radius 1 is 1.50 bits per heavy atom. The van der Waals surface area contributed by atoms with Crippen LogP contribution in [0, 0.1) is 0 Å². The molecule has 8 heavy (non-hydrogen) atoms. The molecule has 0 N–H and O–H groups in total. The van der Waals surface area contributed by atoms with Gasteiger partial charge in [0.25, 0.3) is 6.47 Å². The summed E-state index contributed by atoms with van der Waals surface area (Å²) in [4.78, 5) is 9.18. The van der Waals surface area contributed by atoms with Crippen molar-refractivity contribution in [2.24, 2.45) is 0 Å². The summed E-state index contributed by atoms with van der Waals surface area (Å²) in [6, 6.07) is 0. The Kier molecular flexibility index (Phi) is 68.1. The largest absolute Gasteiger partial charge is 2.00 e. The maximum absolute atomic E-state index is 9.18. The Morgan fingerprint density at radius 3 is 1.88 bits per heavy atom. The Morgan fingerprint density at radius 2 is 1.88 bits per heavy atom. The van der Waals surface area contributed by atoms with Crippen LogP contribution in [-0.2, 0) is 9.53 Å². The molecule has 0 aromatic carbocycles. The van der Waals surface area contributed by atoms with Gasteiger partial charge in [0.05, 0.1) is 6.61 Å². The third-order valence-corrected chi connectivity index (χ3v) is 0.235. The Bertz CT molecular complexity index is 36.5. The average Bonchev–Trinajstić information content (AvgIpc) is 1.41. The predicted molar refractivity (Wildman–Crippen MR) is 23.4 cm³/mol. The van der Waals surface area contributed by atoms with Crippen molar-refractivity contribution in [3.05, 3.63) is 0 Å². The fourth-order valence-electron chi connectivity index (χ4n) is 0.0680. The zero-order valence-corrected chi connectivity index (χ0v) is 8.28. The molecule has 0 rings (SSSR count). The summed E-state index contributed by atoms with van der Waals surface area (Å²) in [5.74, 6) is 0. The van der Waals surface area contributed by atoms with Crippen LogP contribution >= 0.6 is 0 Å². The maximum Gasteiger partial charge on any atom is 2.00 e. The van der Waals surface area contributed by atoms with Crippen molar-refractivity contribution in [2.75, 3.05) is 6.61 Å². The summed E-state index contributed by atoms with van der Waals surface area (Å²) >= 11 is 0. The van der Waals surface area contributed by atoms with E-state index in [0.717, 1.165) is 0 Å². The second-order valence-electron chi connectivity index (χ2n) is 0.552. The maximum atomic E-state index is 9.18. The molecule has 0 bridgehead atoms. The van der Waals surface area contributed by atoms with Gasteiger partial charge in [0.15, 0.2) is 0 Å². The topological polar surface area (TPSA) is 26.3 Å². The molecule has 0 aliphatic carbocycles. The fraction of sp³-hybridized carbons (Fsp3) is 0.667. The second-order valence-corrected chi connectivity index (χ2v) is 0.552. The van der Waals surface area contributed by atoms with Crippen LogP contribution in [0.3, 0.4) is 0 Å². The summed E-state index contributed by atoms with van der Waals surface area (Å²) in [5.41, 5.74) is 0. The van der Waals surface area contributed by atoms with Gasteiger partial charge < -0.3 is 29.6 Å². The minimum Gasteiger partial charge on any atom is -1.00 e. The van der Waals surface area contributed by atoms with Gasteiger partial charge in [-0.05, 0) is 6.92 Å². The van der Waals surface area contributed by atoms with E-state index in [1.165, 1.54) is 0 Å². The summed E-state index contributed by atoms with van der Waals surface area (Å²) in [5, 5.41) is 0. The molecule has 0 saturated heterocycles. The third-order valence-electron chi connectivity index (χ3n) is 0.235. The molecule has 0 fully saturated rings. The van der Waals surface area contributed by atoms with Gasteiger partial charge in [-0.2, -0.15) is 0 Å². The van der Waals surface area contributed by atoms with E-state index in [0.29, 0.717) is 13.1 Å². The van der Waals surface area contributed by atoms with Crippen LogP contribution in [0.25, 0.3) is 0 Å². The zero-order chi connectivity index (χ0) is 4.12. The normalized spacial score (nSPS) is 4.12. The van der Waals surface area contributed by atoms with Crippen LogP contribution in [0.2, 0.25) is 0 Å². The molecule has 46 valence electrons. The summed E-state index contributed by atoms with van der Waals surface area (Å²) in [7, 11) is 0. The number of ether oxygens (including phenoxy) is 1. The van der Waals surface area contributed by atoms with Crippen molar-refractivity contribution < 1.29 is 34.3 Å². The first kappa shape index (κ1) is 22.8. The Labute approximate surface area is 91.2 Å². The van der Waals surface area contributed by atoms with Gasteiger partial charge in [-0.3, -0.25) is 4.79 Å². The summed E-state index contributed by atoms with van der Waals surface area (Å²) in [6.07, 6.45) is 0. The fourth-order valence-corrected chi connectivity index (χ4v) is 0.0680. The van der Waals surface area contributed by atoms with Crippen molar-refractivity contribution in [1.82, 2.24) is 0 Å². The predicted octanol–water partition coefficient (Wildman–Crippen LogP) is -6.19. The number of rotatable bonds is 2. The van der Waals surface area contributed by atoms with Crippen LogP contribution < -0.4 is 24.8 Å². The van der Waals surface area contributed by atoms with Crippen molar-refractivity contribution in [1.29, 1.82) is 0 Å². The molecule has 0 saturated carbocycles. The van der Waals surface area contributed by atoms with Gasteiger partial charge in [-0.25, -0.2) is 0 Å². The molecule has 0 aromatic heterocycles. The second kappa shape index (κ2) is 23.9. The molecule has 2 nitrogen and oxygen atoms in total. The van der Waals surface area contributed by atoms with E-state index in [4.69, 9.17) is 0 Å². The van der Waals surface area contributed by atoms with Crippen molar-refractivity contribution in [2.45, 2.75) is 6.92 Å². The quantitative estimate of drug-likeness (QED) is 0.316. The number of hydrogen-bond acceptors (Lipinski definition) is 2. The SMILES string of the molecule is CCOC=O.[Ca+2].[Cl-].[Cl-]. The zero-order valence-electron chi connectivity index (χ0n) is 4.56. The van der Waals surface area contributed by atoms with Gasteiger partial charge in [-0.15, -0.1) is 0 Å². The molecule has 0 heterocycles. The molecule has 0 amide bonds. The van der Waals surface area contributed by atoms with Crippen molar-refractivity contribution in [3.8, 4) is 0 Å². The van der Waals surface area contributed by atoms with E-state index >= 15 is 0 Å². The average molecular weight is 185 g/mol. The van der Waals surface area contributed by atoms with Crippen LogP contribution in [0.4, 0.5) is 0 Å². The molecule has 0 radical (unpaired) electrons. The van der Waals surface area contributed by atoms with Crippen LogP contribution in [0.5, 0.6) is 0 Å². The van der Waals surface area contributed by atoms with Gasteiger partial charge in [0.1, 0.15) is 0 Å². The van der Waals surface area contributed by atoms with E-state index < -0.39 is 0 Å². The molecule has 0 aliphatic heterocycles. The van der Waals surface area contributed by atoms with E-state index in [2.05, 4.69) is 4.74 Å². The number of halogens is 2. The monoisotopic (exact) mass is 184 g/mol. The first-order valence-corrected chi connectivity index (χ1v) is 1.47. The van der Waals surface area contributed by atoms with Crippen molar-refractivity contribution in [3.63, 3.8) is 0 Å². The minimum atomic E-state index is 0. The first-order chi connectivity index (χ1) is 2.41. The van der Waals surface area contributed by atoms with Gasteiger partial charge in [0, 0.05) is 0 Å². The van der Waals surface area contributed by atoms with E-state index in [1.807, 2.05) is 0 Å². The Hall–Kier alpha value is 1.31. The van der Waals surface area contributed by atoms with Gasteiger partial charge in [-0.1, -0.05) is 0 Å². The summed E-state index contributed by atoms with van der Waals surface area (Å²) in [6.45, 7) is 2.66. The van der Waals surface area contributed by atoms with Gasteiger partial charge in [0.2, 0.25) is 0 Å².